The van der Waals surface area contributed by atoms with Crippen molar-refractivity contribution in [1.82, 2.24) is 10.2 Å². The minimum Gasteiger partial charge on any atom is -0.313 e. The molecule has 2 aliphatic carbocycles. The van der Waals surface area contributed by atoms with Gasteiger partial charge in [0.05, 0.1) is 0 Å². The van der Waals surface area contributed by atoms with Crippen molar-refractivity contribution in [2.45, 2.75) is 56.5 Å². The molecular weight excluding hydrogens is 328 g/mol. The summed E-state index contributed by atoms with van der Waals surface area (Å²) < 4.78 is 0. The van der Waals surface area contributed by atoms with E-state index in [1.54, 1.807) is 11.1 Å². The van der Waals surface area contributed by atoms with E-state index >= 15 is 0 Å². The standard InChI is InChI=1S/C25H32N2/c1-2-4-20(5-3-1)18-27-14-12-19(13-15-27)17-26-25-16-24(25)23-10-8-22(9-11-23)21-6-7-21/h1-5,8-11,19,21,24-26H,6-7,12-18H2/t24-,25+/m0/s1. The molecule has 1 saturated heterocycles. The third kappa shape index (κ3) is 4.44. The Balaban J connectivity index is 1.03. The molecular formula is C25H32N2. The van der Waals surface area contributed by atoms with Crippen LogP contribution in [0, 0.1) is 5.92 Å². The van der Waals surface area contributed by atoms with E-state index in [4.69, 9.17) is 0 Å². The van der Waals surface area contributed by atoms with Gasteiger partial charge in [0.1, 0.15) is 0 Å². The number of piperidine rings is 1. The first kappa shape index (κ1) is 17.5. The van der Waals surface area contributed by atoms with Crippen molar-refractivity contribution in [3.63, 3.8) is 0 Å². The molecule has 1 heterocycles. The normalized spacial score (nSPS) is 26.2. The summed E-state index contributed by atoms with van der Waals surface area (Å²) in [6.45, 7) is 4.82. The highest BCUT2D eigenvalue weighted by atomic mass is 15.1. The van der Waals surface area contributed by atoms with Gasteiger partial charge in [-0.2, -0.15) is 0 Å². The first-order valence-corrected chi connectivity index (χ1v) is 10.9. The summed E-state index contributed by atoms with van der Waals surface area (Å²) in [5.41, 5.74) is 4.56. The van der Waals surface area contributed by atoms with Gasteiger partial charge in [0.2, 0.25) is 0 Å². The summed E-state index contributed by atoms with van der Waals surface area (Å²) in [5.74, 6) is 2.49. The Labute approximate surface area is 164 Å². The smallest absolute Gasteiger partial charge is 0.0233 e. The monoisotopic (exact) mass is 360 g/mol. The lowest BCUT2D eigenvalue weighted by Gasteiger charge is -2.32. The minimum atomic E-state index is 0.721. The zero-order valence-electron chi connectivity index (χ0n) is 16.3. The molecule has 0 amide bonds. The molecule has 27 heavy (non-hydrogen) atoms. The van der Waals surface area contributed by atoms with Crippen LogP contribution < -0.4 is 5.32 Å². The quantitative estimate of drug-likeness (QED) is 0.754. The van der Waals surface area contributed by atoms with E-state index in [0.717, 1.165) is 30.3 Å². The lowest BCUT2D eigenvalue weighted by atomic mass is 9.96. The van der Waals surface area contributed by atoms with E-state index in [9.17, 15) is 0 Å². The van der Waals surface area contributed by atoms with E-state index in [2.05, 4.69) is 64.8 Å². The number of hydrogen-bond donors (Lipinski definition) is 1. The van der Waals surface area contributed by atoms with E-state index < -0.39 is 0 Å². The SMILES string of the molecule is c1ccc(CN2CCC(CN[C@@H]3C[C@H]3c3ccc(C4CC4)cc3)CC2)cc1. The summed E-state index contributed by atoms with van der Waals surface area (Å²) in [6, 6.07) is 21.2. The highest BCUT2D eigenvalue weighted by Crippen LogP contribution is 2.43. The van der Waals surface area contributed by atoms with Crippen molar-refractivity contribution in [2.75, 3.05) is 19.6 Å². The summed E-state index contributed by atoms with van der Waals surface area (Å²) in [4.78, 5) is 2.62. The first-order chi connectivity index (χ1) is 13.3. The summed E-state index contributed by atoms with van der Waals surface area (Å²) >= 11 is 0. The van der Waals surface area contributed by atoms with Crippen molar-refractivity contribution in [2.24, 2.45) is 5.92 Å². The number of benzene rings is 2. The Kier molecular flexibility index (Phi) is 5.02. The molecule has 2 nitrogen and oxygen atoms in total. The van der Waals surface area contributed by atoms with Crippen LogP contribution in [0.25, 0.3) is 0 Å². The van der Waals surface area contributed by atoms with Gasteiger partial charge in [-0.05, 0) is 80.3 Å². The van der Waals surface area contributed by atoms with Gasteiger partial charge in [0, 0.05) is 18.5 Å². The first-order valence-electron chi connectivity index (χ1n) is 10.9. The van der Waals surface area contributed by atoms with Crippen molar-refractivity contribution in [3.05, 3.63) is 71.3 Å². The fourth-order valence-corrected chi connectivity index (χ4v) is 4.73. The molecule has 5 rings (SSSR count). The Bertz CT molecular complexity index is 727. The Morgan fingerprint density at radius 1 is 0.815 bits per heavy atom. The van der Waals surface area contributed by atoms with Crippen LogP contribution in [0.15, 0.2) is 54.6 Å². The van der Waals surface area contributed by atoms with Crippen molar-refractivity contribution in [3.8, 4) is 0 Å². The maximum atomic E-state index is 3.87. The molecule has 0 bridgehead atoms. The molecule has 3 fully saturated rings. The van der Waals surface area contributed by atoms with Crippen LogP contribution in [-0.2, 0) is 6.54 Å². The third-order valence-corrected chi connectivity index (χ3v) is 6.83. The number of nitrogens with zero attached hydrogens (tertiary/aromatic N) is 1. The molecule has 0 radical (unpaired) electrons. The van der Waals surface area contributed by atoms with E-state index in [1.165, 1.54) is 57.3 Å². The van der Waals surface area contributed by atoms with Gasteiger partial charge in [-0.25, -0.2) is 0 Å². The van der Waals surface area contributed by atoms with E-state index in [-0.39, 0.29) is 0 Å². The molecule has 0 spiro atoms. The van der Waals surface area contributed by atoms with Gasteiger partial charge in [-0.15, -0.1) is 0 Å². The number of nitrogens with one attached hydrogen (secondary N) is 1. The molecule has 1 aliphatic heterocycles. The average Bonchev–Trinajstić information content (AvgIpc) is 3.63. The Morgan fingerprint density at radius 2 is 1.52 bits per heavy atom. The third-order valence-electron chi connectivity index (χ3n) is 6.83. The Hall–Kier alpha value is -1.64. The van der Waals surface area contributed by atoms with Crippen LogP contribution in [0.2, 0.25) is 0 Å². The maximum Gasteiger partial charge on any atom is 0.0233 e. The largest absolute Gasteiger partial charge is 0.313 e. The van der Waals surface area contributed by atoms with Crippen LogP contribution in [0.5, 0.6) is 0 Å². The lowest BCUT2D eigenvalue weighted by molar-refractivity contribution is 0.175. The highest BCUT2D eigenvalue weighted by Gasteiger charge is 2.38. The van der Waals surface area contributed by atoms with E-state index in [0.29, 0.717) is 0 Å². The van der Waals surface area contributed by atoms with Gasteiger partial charge in [-0.1, -0.05) is 54.6 Å². The molecule has 142 valence electrons. The van der Waals surface area contributed by atoms with Crippen LogP contribution in [-0.4, -0.2) is 30.6 Å². The zero-order valence-corrected chi connectivity index (χ0v) is 16.3. The van der Waals surface area contributed by atoms with Crippen LogP contribution in [0.3, 0.4) is 0 Å². The minimum absolute atomic E-state index is 0.721. The Morgan fingerprint density at radius 3 is 2.22 bits per heavy atom. The molecule has 0 aromatic heterocycles. The fourth-order valence-electron chi connectivity index (χ4n) is 4.73. The molecule has 2 aromatic carbocycles. The zero-order chi connectivity index (χ0) is 18.1. The predicted octanol–water partition coefficient (Wildman–Crippen LogP) is 4.92. The molecule has 2 atom stereocenters. The summed E-state index contributed by atoms with van der Waals surface area (Å²) in [5, 5.41) is 3.87. The summed E-state index contributed by atoms with van der Waals surface area (Å²) in [7, 11) is 0. The molecule has 2 heteroatoms. The highest BCUT2D eigenvalue weighted by molar-refractivity contribution is 5.33. The van der Waals surface area contributed by atoms with Crippen LogP contribution in [0.4, 0.5) is 0 Å². The number of hydrogen-bond acceptors (Lipinski definition) is 2. The molecule has 3 aliphatic rings. The van der Waals surface area contributed by atoms with Crippen molar-refractivity contribution >= 4 is 0 Å². The second-order valence-corrected chi connectivity index (χ2v) is 9.00. The van der Waals surface area contributed by atoms with Gasteiger partial charge < -0.3 is 5.32 Å². The van der Waals surface area contributed by atoms with Crippen molar-refractivity contribution < 1.29 is 0 Å². The van der Waals surface area contributed by atoms with Crippen LogP contribution in [0.1, 0.15) is 60.6 Å². The number of rotatable bonds is 7. The van der Waals surface area contributed by atoms with E-state index in [1.807, 2.05) is 0 Å². The molecule has 2 saturated carbocycles. The molecule has 2 aromatic rings. The lowest BCUT2D eigenvalue weighted by Crippen LogP contribution is -2.37. The fraction of sp³-hybridized carbons (Fsp3) is 0.520. The van der Waals surface area contributed by atoms with Gasteiger partial charge in [0.25, 0.3) is 0 Å². The predicted molar refractivity (Wildman–Crippen MR) is 112 cm³/mol. The number of likely N-dealkylation sites (tertiary alicyclic amines) is 1. The van der Waals surface area contributed by atoms with Gasteiger partial charge >= 0.3 is 0 Å². The molecule has 1 N–H and O–H groups in total. The van der Waals surface area contributed by atoms with Gasteiger partial charge in [-0.3, -0.25) is 4.90 Å². The van der Waals surface area contributed by atoms with Crippen LogP contribution >= 0.6 is 0 Å². The maximum absolute atomic E-state index is 3.87. The average molecular weight is 361 g/mol. The van der Waals surface area contributed by atoms with Gasteiger partial charge in [0.15, 0.2) is 0 Å². The summed E-state index contributed by atoms with van der Waals surface area (Å²) in [6.07, 6.45) is 6.81. The second-order valence-electron chi connectivity index (χ2n) is 9.00. The van der Waals surface area contributed by atoms with Crippen molar-refractivity contribution in [1.29, 1.82) is 0 Å². The topological polar surface area (TPSA) is 15.3 Å². The second kappa shape index (κ2) is 7.77. The molecule has 0 unspecified atom stereocenters.